The van der Waals surface area contributed by atoms with Crippen LogP contribution in [0.15, 0.2) is 25.3 Å². The average Bonchev–Trinajstić information content (AvgIpc) is 1.86. The van der Waals surface area contributed by atoms with Gasteiger partial charge in [-0.1, -0.05) is 12.2 Å². The molecule has 10 heavy (non-hydrogen) atoms. The molecule has 3 nitrogen and oxygen atoms in total. The van der Waals surface area contributed by atoms with Crippen molar-refractivity contribution < 1.29 is 8.42 Å². The van der Waals surface area contributed by atoms with Gasteiger partial charge in [0.05, 0.1) is 5.75 Å². The Bertz CT molecular complexity index is 218. The van der Waals surface area contributed by atoms with E-state index in [1.807, 2.05) is 0 Å². The summed E-state index contributed by atoms with van der Waals surface area (Å²) in [4.78, 5) is 0. The minimum atomic E-state index is -3.22. The molecule has 0 aromatic carbocycles. The van der Waals surface area contributed by atoms with Crippen LogP contribution in [-0.4, -0.2) is 19.5 Å². The van der Waals surface area contributed by atoms with E-state index in [2.05, 4.69) is 13.2 Å². The zero-order valence-corrected chi connectivity index (χ0v) is 6.47. The molecule has 0 spiro atoms. The van der Waals surface area contributed by atoms with E-state index in [0.717, 1.165) is 0 Å². The van der Waals surface area contributed by atoms with Crippen LogP contribution >= 0.6 is 0 Å². The fourth-order valence-corrected chi connectivity index (χ4v) is 1.27. The van der Waals surface area contributed by atoms with Crippen molar-refractivity contribution in [1.82, 2.24) is 0 Å². The van der Waals surface area contributed by atoms with Crippen molar-refractivity contribution >= 4 is 9.84 Å². The van der Waals surface area contributed by atoms with Crippen LogP contribution in [-0.2, 0) is 9.84 Å². The monoisotopic (exact) mass is 161 g/mol. The molecule has 1 unspecified atom stereocenters. The van der Waals surface area contributed by atoms with Crippen molar-refractivity contribution in [3.8, 4) is 0 Å². The molecular weight excluding hydrogens is 150 g/mol. The van der Waals surface area contributed by atoms with E-state index in [9.17, 15) is 8.42 Å². The van der Waals surface area contributed by atoms with Crippen LogP contribution in [0.2, 0.25) is 0 Å². The summed E-state index contributed by atoms with van der Waals surface area (Å²) in [6.07, 6.45) is 2.50. The highest BCUT2D eigenvalue weighted by Gasteiger charge is 2.14. The first-order valence-corrected chi connectivity index (χ1v) is 4.46. The first-order chi connectivity index (χ1) is 4.54. The zero-order chi connectivity index (χ0) is 8.20. The summed E-state index contributed by atoms with van der Waals surface area (Å²) >= 11 is 0. The van der Waals surface area contributed by atoms with Crippen LogP contribution in [0.4, 0.5) is 0 Å². The number of sulfone groups is 1. The minimum absolute atomic E-state index is 0.0970. The molecule has 1 atom stereocenters. The number of hydrogen-bond acceptors (Lipinski definition) is 3. The van der Waals surface area contributed by atoms with Crippen LogP contribution in [0.1, 0.15) is 0 Å². The van der Waals surface area contributed by atoms with Gasteiger partial charge in [0.15, 0.2) is 9.84 Å². The van der Waals surface area contributed by atoms with Crippen LogP contribution < -0.4 is 5.73 Å². The zero-order valence-electron chi connectivity index (χ0n) is 5.66. The Hall–Kier alpha value is -0.610. The molecule has 0 saturated carbocycles. The van der Waals surface area contributed by atoms with Gasteiger partial charge in [-0.25, -0.2) is 8.42 Å². The predicted molar refractivity (Wildman–Crippen MR) is 42.2 cm³/mol. The number of rotatable bonds is 4. The largest absolute Gasteiger partial charge is 0.312 e. The van der Waals surface area contributed by atoms with Gasteiger partial charge in [-0.3, -0.25) is 0 Å². The molecule has 0 rings (SSSR count). The van der Waals surface area contributed by atoms with E-state index in [-0.39, 0.29) is 5.75 Å². The van der Waals surface area contributed by atoms with Gasteiger partial charge in [0.25, 0.3) is 0 Å². The standard InChI is InChI=1S/C6H11NO2S/c1-3-5-10(8,9)6(7)4-2/h3-4,6H,1-2,5,7H2. The van der Waals surface area contributed by atoms with Crippen LogP contribution in [0.25, 0.3) is 0 Å². The van der Waals surface area contributed by atoms with Gasteiger partial charge in [-0.2, -0.15) is 0 Å². The number of hydrogen-bond donors (Lipinski definition) is 1. The van der Waals surface area contributed by atoms with Gasteiger partial charge >= 0.3 is 0 Å². The van der Waals surface area contributed by atoms with E-state index in [4.69, 9.17) is 5.73 Å². The lowest BCUT2D eigenvalue weighted by molar-refractivity contribution is 0.592. The Morgan fingerprint density at radius 2 is 2.00 bits per heavy atom. The molecule has 0 aromatic heterocycles. The molecule has 58 valence electrons. The van der Waals surface area contributed by atoms with Gasteiger partial charge in [-0.05, 0) is 0 Å². The molecule has 0 aliphatic carbocycles. The molecule has 0 bridgehead atoms. The van der Waals surface area contributed by atoms with Gasteiger partial charge in [0.2, 0.25) is 0 Å². The summed E-state index contributed by atoms with van der Waals surface area (Å²) in [7, 11) is -3.22. The van der Waals surface area contributed by atoms with Crippen LogP contribution in [0.5, 0.6) is 0 Å². The van der Waals surface area contributed by atoms with E-state index < -0.39 is 15.2 Å². The van der Waals surface area contributed by atoms with Crippen molar-refractivity contribution in [2.45, 2.75) is 5.37 Å². The van der Waals surface area contributed by atoms with Gasteiger partial charge in [0, 0.05) is 0 Å². The lowest BCUT2D eigenvalue weighted by atomic mass is 10.7. The second-order valence-corrected chi connectivity index (χ2v) is 4.02. The highest BCUT2D eigenvalue weighted by Crippen LogP contribution is 1.96. The maximum absolute atomic E-state index is 10.9. The fraction of sp³-hybridized carbons (Fsp3) is 0.333. The fourth-order valence-electron chi connectivity index (χ4n) is 0.422. The molecule has 0 aliphatic rings. The van der Waals surface area contributed by atoms with Gasteiger partial charge in [-0.15, -0.1) is 13.2 Å². The molecule has 0 aromatic rings. The van der Waals surface area contributed by atoms with Crippen molar-refractivity contribution in [2.24, 2.45) is 5.73 Å². The molecule has 0 saturated heterocycles. The average molecular weight is 161 g/mol. The highest BCUT2D eigenvalue weighted by atomic mass is 32.2. The third-order valence-corrected chi connectivity index (χ3v) is 2.72. The van der Waals surface area contributed by atoms with Gasteiger partial charge in [0.1, 0.15) is 5.37 Å². The molecule has 0 fully saturated rings. The first-order valence-electron chi connectivity index (χ1n) is 2.75. The maximum Gasteiger partial charge on any atom is 0.173 e. The second-order valence-electron chi connectivity index (χ2n) is 1.82. The molecule has 4 heteroatoms. The highest BCUT2D eigenvalue weighted by molar-refractivity contribution is 7.92. The van der Waals surface area contributed by atoms with Crippen molar-refractivity contribution in [1.29, 1.82) is 0 Å². The lowest BCUT2D eigenvalue weighted by Crippen LogP contribution is -2.29. The van der Waals surface area contributed by atoms with Crippen LogP contribution in [0, 0.1) is 0 Å². The quantitative estimate of drug-likeness (QED) is 0.593. The summed E-state index contributed by atoms with van der Waals surface area (Å²) in [5.41, 5.74) is 5.18. The maximum atomic E-state index is 10.9. The smallest absolute Gasteiger partial charge is 0.173 e. The molecule has 0 aliphatic heterocycles. The molecule has 0 heterocycles. The van der Waals surface area contributed by atoms with E-state index in [1.165, 1.54) is 12.2 Å². The summed E-state index contributed by atoms with van der Waals surface area (Å²) < 4.78 is 21.8. The molecule has 0 amide bonds. The SMILES string of the molecule is C=CCS(=O)(=O)C(N)C=C. The third-order valence-electron chi connectivity index (χ3n) is 0.997. The third kappa shape index (κ3) is 2.33. The Kier molecular flexibility index (Phi) is 3.32. The Morgan fingerprint density at radius 1 is 1.50 bits per heavy atom. The van der Waals surface area contributed by atoms with Crippen molar-refractivity contribution in [3.05, 3.63) is 25.3 Å². The first kappa shape index (κ1) is 9.39. The predicted octanol–water partition coefficient (Wildman–Crippen LogP) is 0.0580. The summed E-state index contributed by atoms with van der Waals surface area (Å²) in [6, 6.07) is 0. The topological polar surface area (TPSA) is 60.2 Å². The second kappa shape index (κ2) is 3.53. The van der Waals surface area contributed by atoms with Crippen molar-refractivity contribution in [3.63, 3.8) is 0 Å². The molecular formula is C6H11NO2S. The summed E-state index contributed by atoms with van der Waals surface area (Å²) in [5, 5.41) is -0.967. The van der Waals surface area contributed by atoms with Gasteiger partial charge < -0.3 is 5.73 Å². The minimum Gasteiger partial charge on any atom is -0.312 e. The Labute approximate surface area is 61.2 Å². The Morgan fingerprint density at radius 3 is 2.30 bits per heavy atom. The Balaban J connectivity index is 4.40. The van der Waals surface area contributed by atoms with E-state index in [0.29, 0.717) is 0 Å². The number of nitrogens with two attached hydrogens (primary N) is 1. The van der Waals surface area contributed by atoms with Crippen LogP contribution in [0.3, 0.4) is 0 Å². The van der Waals surface area contributed by atoms with E-state index >= 15 is 0 Å². The summed E-state index contributed by atoms with van der Waals surface area (Å²) in [5.74, 6) is -0.0970. The van der Waals surface area contributed by atoms with E-state index in [1.54, 1.807) is 0 Å². The lowest BCUT2D eigenvalue weighted by Gasteiger charge is -2.04. The molecule has 2 N–H and O–H groups in total. The summed E-state index contributed by atoms with van der Waals surface area (Å²) in [6.45, 7) is 6.56. The van der Waals surface area contributed by atoms with Crippen molar-refractivity contribution in [2.75, 3.05) is 5.75 Å². The normalized spacial score (nSPS) is 14.1. The molecule has 0 radical (unpaired) electrons.